The minimum absolute atomic E-state index is 0.0176. The summed E-state index contributed by atoms with van der Waals surface area (Å²) in [7, 11) is 0. The van der Waals surface area contributed by atoms with Crippen LogP contribution in [0.25, 0.3) is 0 Å². The van der Waals surface area contributed by atoms with E-state index in [0.717, 1.165) is 6.42 Å². The number of benzene rings is 1. The number of carbonyl (C=O) groups excluding carboxylic acids is 1. The molecule has 0 bridgehead atoms. The van der Waals surface area contributed by atoms with Crippen molar-refractivity contribution in [3.63, 3.8) is 0 Å². The first kappa shape index (κ1) is 15.0. The molecule has 0 aromatic heterocycles. The van der Waals surface area contributed by atoms with Crippen LogP contribution in [0.2, 0.25) is 0 Å². The van der Waals surface area contributed by atoms with E-state index in [9.17, 15) is 14.9 Å². The van der Waals surface area contributed by atoms with Crippen LogP contribution in [0, 0.1) is 17.0 Å². The van der Waals surface area contributed by atoms with Gasteiger partial charge in [0.2, 0.25) is 5.91 Å². The highest BCUT2D eigenvalue weighted by Crippen LogP contribution is 2.20. The number of non-ortho nitro benzene ring substituents is 1. The number of hydrogen-bond donors (Lipinski definition) is 2. The van der Waals surface area contributed by atoms with Gasteiger partial charge in [-0.1, -0.05) is 6.92 Å². The molecule has 1 rings (SSSR count). The molecule has 0 spiro atoms. The van der Waals surface area contributed by atoms with Gasteiger partial charge in [0.1, 0.15) is 0 Å². The van der Waals surface area contributed by atoms with Gasteiger partial charge in [0.05, 0.1) is 4.92 Å². The van der Waals surface area contributed by atoms with E-state index in [2.05, 4.69) is 10.6 Å². The zero-order valence-electron chi connectivity index (χ0n) is 10.7. The molecule has 0 aliphatic carbocycles. The zero-order chi connectivity index (χ0) is 14.4. The Morgan fingerprint density at radius 3 is 2.68 bits per heavy atom. The van der Waals surface area contributed by atoms with E-state index in [0.29, 0.717) is 17.7 Å². The van der Waals surface area contributed by atoms with Crippen LogP contribution in [0.4, 0.5) is 11.4 Å². The van der Waals surface area contributed by atoms with Gasteiger partial charge in [-0.25, -0.2) is 0 Å². The molecule has 6 nitrogen and oxygen atoms in total. The molecule has 0 unspecified atom stereocenters. The van der Waals surface area contributed by atoms with Crippen LogP contribution < -0.4 is 10.6 Å². The molecule has 0 saturated heterocycles. The largest absolute Gasteiger partial charge is 0.332 e. The molecule has 0 saturated carbocycles. The number of rotatable bonds is 4. The van der Waals surface area contributed by atoms with Gasteiger partial charge >= 0.3 is 0 Å². The lowest BCUT2D eigenvalue weighted by molar-refractivity contribution is -0.384. The quantitative estimate of drug-likeness (QED) is 0.503. The number of nitro benzene ring substituents is 1. The first-order valence-electron chi connectivity index (χ1n) is 5.80. The number of hydrogen-bond acceptors (Lipinski definition) is 4. The fourth-order valence-electron chi connectivity index (χ4n) is 1.47. The Labute approximate surface area is 116 Å². The summed E-state index contributed by atoms with van der Waals surface area (Å²) in [6, 6.07) is 4.39. The second-order valence-corrected chi connectivity index (χ2v) is 4.42. The SMILES string of the molecule is CCCC(=O)NC(=S)Nc1ccc([N+](=O)[O-])cc1C. The van der Waals surface area contributed by atoms with Gasteiger partial charge in [-0.05, 0) is 37.2 Å². The number of nitrogens with one attached hydrogen (secondary N) is 2. The third kappa shape index (κ3) is 4.63. The number of nitro groups is 1. The van der Waals surface area contributed by atoms with E-state index in [1.54, 1.807) is 13.0 Å². The highest BCUT2D eigenvalue weighted by molar-refractivity contribution is 7.80. The molecule has 7 heteroatoms. The van der Waals surface area contributed by atoms with Crippen LogP contribution >= 0.6 is 12.2 Å². The lowest BCUT2D eigenvalue weighted by atomic mass is 10.2. The summed E-state index contributed by atoms with van der Waals surface area (Å²) in [5, 5.41) is 16.2. The fourth-order valence-corrected chi connectivity index (χ4v) is 1.70. The van der Waals surface area contributed by atoms with Crippen LogP contribution in [-0.2, 0) is 4.79 Å². The lowest BCUT2D eigenvalue weighted by Crippen LogP contribution is -2.34. The smallest absolute Gasteiger partial charge is 0.269 e. The van der Waals surface area contributed by atoms with Crippen LogP contribution in [0.5, 0.6) is 0 Å². The third-order valence-electron chi connectivity index (χ3n) is 2.40. The Hall–Kier alpha value is -2.02. The average molecular weight is 281 g/mol. The van der Waals surface area contributed by atoms with Gasteiger partial charge in [0.25, 0.3) is 5.69 Å². The van der Waals surface area contributed by atoms with Gasteiger partial charge in [-0.3, -0.25) is 14.9 Å². The summed E-state index contributed by atoms with van der Waals surface area (Å²) in [4.78, 5) is 21.5. The number of thiocarbonyl (C=S) groups is 1. The number of amides is 1. The second-order valence-electron chi connectivity index (χ2n) is 4.01. The molecule has 0 heterocycles. The van der Waals surface area contributed by atoms with Crippen molar-refractivity contribution in [2.45, 2.75) is 26.7 Å². The predicted octanol–water partition coefficient (Wildman–Crippen LogP) is 2.52. The highest BCUT2D eigenvalue weighted by atomic mass is 32.1. The lowest BCUT2D eigenvalue weighted by Gasteiger charge is -2.11. The van der Waals surface area contributed by atoms with Crippen LogP contribution in [-0.4, -0.2) is 15.9 Å². The maximum absolute atomic E-state index is 11.3. The Bertz CT molecular complexity index is 517. The molecular weight excluding hydrogens is 266 g/mol. The van der Waals surface area contributed by atoms with Crippen LogP contribution in [0.1, 0.15) is 25.3 Å². The molecule has 19 heavy (non-hydrogen) atoms. The zero-order valence-corrected chi connectivity index (χ0v) is 11.5. The van der Waals surface area contributed by atoms with Crippen LogP contribution in [0.3, 0.4) is 0 Å². The monoisotopic (exact) mass is 281 g/mol. The van der Waals surface area contributed by atoms with Gasteiger partial charge in [-0.15, -0.1) is 0 Å². The maximum atomic E-state index is 11.3. The van der Waals surface area contributed by atoms with E-state index in [1.165, 1.54) is 12.1 Å². The van der Waals surface area contributed by atoms with E-state index < -0.39 is 4.92 Å². The number of carbonyl (C=O) groups is 1. The standard InChI is InChI=1S/C12H15N3O3S/c1-3-4-11(16)14-12(19)13-10-6-5-9(15(17)18)7-8(10)2/h5-7H,3-4H2,1-2H3,(H2,13,14,16,19). The first-order chi connectivity index (χ1) is 8.93. The molecule has 2 N–H and O–H groups in total. The van der Waals surface area contributed by atoms with Gasteiger partial charge in [0.15, 0.2) is 5.11 Å². The van der Waals surface area contributed by atoms with Gasteiger partial charge in [-0.2, -0.15) is 0 Å². The third-order valence-corrected chi connectivity index (χ3v) is 2.60. The van der Waals surface area contributed by atoms with Crippen molar-refractivity contribution in [1.82, 2.24) is 5.32 Å². The fraction of sp³-hybridized carbons (Fsp3) is 0.333. The molecule has 0 fully saturated rings. The summed E-state index contributed by atoms with van der Waals surface area (Å²) in [6.45, 7) is 3.63. The molecule has 102 valence electrons. The molecule has 1 aromatic carbocycles. The number of nitrogens with zero attached hydrogens (tertiary/aromatic N) is 1. The first-order valence-corrected chi connectivity index (χ1v) is 6.20. The van der Waals surface area contributed by atoms with E-state index in [-0.39, 0.29) is 16.7 Å². The average Bonchev–Trinajstić information content (AvgIpc) is 2.31. The molecule has 0 radical (unpaired) electrons. The number of aryl methyl sites for hydroxylation is 1. The Kier molecular flexibility index (Phi) is 5.37. The van der Waals surface area contributed by atoms with Crippen molar-refractivity contribution in [2.24, 2.45) is 0 Å². The second kappa shape index (κ2) is 6.79. The Balaban J connectivity index is 2.69. The summed E-state index contributed by atoms with van der Waals surface area (Å²) >= 11 is 4.99. The Morgan fingerprint density at radius 1 is 1.47 bits per heavy atom. The number of anilines is 1. The maximum Gasteiger partial charge on any atom is 0.269 e. The van der Waals surface area contributed by atoms with Crippen molar-refractivity contribution >= 4 is 34.6 Å². The molecule has 0 aliphatic rings. The summed E-state index contributed by atoms with van der Waals surface area (Å²) < 4.78 is 0. The predicted molar refractivity (Wildman–Crippen MR) is 77.1 cm³/mol. The summed E-state index contributed by atoms with van der Waals surface area (Å²) in [5.74, 6) is -0.153. The Morgan fingerprint density at radius 2 is 2.16 bits per heavy atom. The van der Waals surface area contributed by atoms with E-state index >= 15 is 0 Å². The molecule has 0 aliphatic heterocycles. The normalized spacial score (nSPS) is 9.79. The minimum Gasteiger partial charge on any atom is -0.332 e. The van der Waals surface area contributed by atoms with Crippen molar-refractivity contribution in [2.75, 3.05) is 5.32 Å². The molecule has 1 aromatic rings. The van der Waals surface area contributed by atoms with Crippen molar-refractivity contribution in [3.05, 3.63) is 33.9 Å². The topological polar surface area (TPSA) is 84.3 Å². The van der Waals surface area contributed by atoms with Gasteiger partial charge < -0.3 is 10.6 Å². The van der Waals surface area contributed by atoms with Gasteiger partial charge in [0, 0.05) is 24.2 Å². The van der Waals surface area contributed by atoms with E-state index in [4.69, 9.17) is 12.2 Å². The van der Waals surface area contributed by atoms with Crippen molar-refractivity contribution < 1.29 is 9.72 Å². The van der Waals surface area contributed by atoms with Crippen molar-refractivity contribution in [3.8, 4) is 0 Å². The minimum atomic E-state index is -0.460. The van der Waals surface area contributed by atoms with Crippen molar-refractivity contribution in [1.29, 1.82) is 0 Å². The van der Waals surface area contributed by atoms with Crippen LogP contribution in [0.15, 0.2) is 18.2 Å². The molecule has 1 amide bonds. The van der Waals surface area contributed by atoms with E-state index in [1.807, 2.05) is 6.92 Å². The molecular formula is C12H15N3O3S. The molecule has 0 atom stereocenters. The summed E-state index contributed by atoms with van der Waals surface area (Å²) in [6.07, 6.45) is 1.14. The summed E-state index contributed by atoms with van der Waals surface area (Å²) in [5.41, 5.74) is 1.33. The highest BCUT2D eigenvalue weighted by Gasteiger charge is 2.09.